The summed E-state index contributed by atoms with van der Waals surface area (Å²) >= 11 is 0. The minimum Gasteiger partial charge on any atom is -0.440 e. The van der Waals surface area contributed by atoms with E-state index in [0.29, 0.717) is 11.3 Å². The van der Waals surface area contributed by atoms with Gasteiger partial charge in [0.05, 0.1) is 5.69 Å². The summed E-state index contributed by atoms with van der Waals surface area (Å²) in [5.74, 6) is -2.81. The van der Waals surface area contributed by atoms with Gasteiger partial charge in [-0.25, -0.2) is 22.4 Å². The number of ether oxygens (including phenoxy) is 1. The third-order valence-electron chi connectivity index (χ3n) is 4.14. The van der Waals surface area contributed by atoms with E-state index in [1.54, 1.807) is 7.05 Å². The van der Waals surface area contributed by atoms with Crippen LogP contribution in [0.25, 0.3) is 0 Å². The molecular formula is C16H23F4N3O2. The molecule has 1 aliphatic rings. The topological polar surface area (TPSA) is 56.2 Å². The van der Waals surface area contributed by atoms with Crippen LogP contribution in [0.3, 0.4) is 0 Å². The van der Waals surface area contributed by atoms with Crippen LogP contribution < -0.4 is 5.32 Å². The summed E-state index contributed by atoms with van der Waals surface area (Å²) in [5, 5.41) is 6.75. The average molecular weight is 365 g/mol. The van der Waals surface area contributed by atoms with Gasteiger partial charge in [0.2, 0.25) is 5.92 Å². The van der Waals surface area contributed by atoms with Gasteiger partial charge in [-0.1, -0.05) is 20.8 Å². The van der Waals surface area contributed by atoms with Gasteiger partial charge in [0.25, 0.3) is 0 Å². The quantitative estimate of drug-likeness (QED) is 0.800. The number of hydrogen-bond acceptors (Lipinski definition) is 3. The first-order chi connectivity index (χ1) is 11.5. The van der Waals surface area contributed by atoms with Crippen molar-refractivity contribution < 1.29 is 27.1 Å². The number of rotatable bonds is 5. The van der Waals surface area contributed by atoms with Gasteiger partial charge in [-0.3, -0.25) is 10.00 Å². The summed E-state index contributed by atoms with van der Waals surface area (Å²) in [6, 6.07) is 0. The lowest BCUT2D eigenvalue weighted by Crippen LogP contribution is -2.35. The maximum absolute atomic E-state index is 13.2. The normalized spacial score (nSPS) is 17.5. The zero-order chi connectivity index (χ0) is 19.0. The van der Waals surface area contributed by atoms with E-state index in [1.165, 1.54) is 4.68 Å². The highest BCUT2D eigenvalue weighted by molar-refractivity contribution is 5.85. The predicted molar refractivity (Wildman–Crippen MR) is 84.7 cm³/mol. The molecule has 0 saturated heterocycles. The number of hydrogen-bond donors (Lipinski definition) is 1. The molecule has 0 radical (unpaired) electrons. The standard InChI is InChI=1S/C16H23F4N3O2/c1-15(2,3)11-12(9-5-16(19,20)6-9)22-23(4)13(11)21-14(24)25-10(7-17)8-18/h9-10H,5-8H2,1-4H3,(H,21,24). The van der Waals surface area contributed by atoms with E-state index >= 15 is 0 Å². The molecule has 1 N–H and O–H groups in total. The Balaban J connectivity index is 2.28. The van der Waals surface area contributed by atoms with Crippen LogP contribution >= 0.6 is 0 Å². The van der Waals surface area contributed by atoms with E-state index in [4.69, 9.17) is 0 Å². The summed E-state index contributed by atoms with van der Waals surface area (Å²) in [4.78, 5) is 11.9. The number of aromatic nitrogens is 2. The maximum Gasteiger partial charge on any atom is 0.413 e. The summed E-state index contributed by atoms with van der Waals surface area (Å²) < 4.78 is 57.5. The van der Waals surface area contributed by atoms with Gasteiger partial charge in [0, 0.05) is 31.4 Å². The van der Waals surface area contributed by atoms with Crippen LogP contribution in [0.5, 0.6) is 0 Å². The summed E-state index contributed by atoms with van der Waals surface area (Å²) in [6.07, 6.45) is -3.07. The summed E-state index contributed by atoms with van der Waals surface area (Å²) in [7, 11) is 1.56. The minimum atomic E-state index is -2.70. The molecule has 0 aliphatic heterocycles. The molecule has 9 heteroatoms. The lowest BCUT2D eigenvalue weighted by molar-refractivity contribution is -0.0879. The summed E-state index contributed by atoms with van der Waals surface area (Å²) in [6.45, 7) is 3.33. The minimum absolute atomic E-state index is 0.277. The Bertz CT molecular complexity index is 628. The van der Waals surface area contributed by atoms with Crippen molar-refractivity contribution in [2.75, 3.05) is 18.7 Å². The van der Waals surface area contributed by atoms with Gasteiger partial charge in [-0.05, 0) is 5.41 Å². The van der Waals surface area contributed by atoms with Crippen LogP contribution in [0.4, 0.5) is 28.2 Å². The van der Waals surface area contributed by atoms with Crippen molar-refractivity contribution in [2.24, 2.45) is 7.05 Å². The van der Waals surface area contributed by atoms with Crippen molar-refractivity contribution in [1.29, 1.82) is 0 Å². The van der Waals surface area contributed by atoms with E-state index < -0.39 is 42.8 Å². The van der Waals surface area contributed by atoms with E-state index in [1.807, 2.05) is 20.8 Å². The highest BCUT2D eigenvalue weighted by Crippen LogP contribution is 2.51. The Kier molecular flexibility index (Phi) is 5.34. The third-order valence-corrected chi connectivity index (χ3v) is 4.14. The Morgan fingerprint density at radius 2 is 1.92 bits per heavy atom. The third kappa shape index (κ3) is 4.24. The lowest BCUT2D eigenvalue weighted by atomic mass is 9.74. The molecule has 0 unspecified atom stereocenters. The molecule has 2 rings (SSSR count). The zero-order valence-electron chi connectivity index (χ0n) is 14.7. The zero-order valence-corrected chi connectivity index (χ0v) is 14.7. The van der Waals surface area contributed by atoms with Gasteiger partial charge >= 0.3 is 6.09 Å². The Morgan fingerprint density at radius 3 is 2.36 bits per heavy atom. The number of halogens is 4. The molecule has 1 fully saturated rings. The van der Waals surface area contributed by atoms with E-state index in [-0.39, 0.29) is 18.7 Å². The van der Waals surface area contributed by atoms with Crippen LogP contribution in [0.15, 0.2) is 0 Å². The molecule has 0 spiro atoms. The predicted octanol–water partition coefficient (Wildman–Crippen LogP) is 4.09. The van der Waals surface area contributed by atoms with Crippen molar-refractivity contribution in [1.82, 2.24) is 9.78 Å². The molecule has 1 saturated carbocycles. The number of carbonyl (C=O) groups is 1. The lowest BCUT2D eigenvalue weighted by Gasteiger charge is -2.35. The maximum atomic E-state index is 13.2. The largest absolute Gasteiger partial charge is 0.440 e. The van der Waals surface area contributed by atoms with Gasteiger partial charge in [0.15, 0.2) is 6.10 Å². The number of carbonyl (C=O) groups excluding carboxylic acids is 1. The van der Waals surface area contributed by atoms with Crippen molar-refractivity contribution in [3.63, 3.8) is 0 Å². The first-order valence-electron chi connectivity index (χ1n) is 8.03. The number of nitrogens with zero attached hydrogens (tertiary/aromatic N) is 2. The first-order valence-corrected chi connectivity index (χ1v) is 8.03. The number of amides is 1. The molecule has 1 aromatic rings. The fourth-order valence-electron chi connectivity index (χ4n) is 2.95. The van der Waals surface area contributed by atoms with Gasteiger partial charge in [-0.2, -0.15) is 5.10 Å². The first kappa shape index (κ1) is 19.5. The van der Waals surface area contributed by atoms with Crippen LogP contribution in [0.1, 0.15) is 50.8 Å². The van der Waals surface area contributed by atoms with Crippen molar-refractivity contribution >= 4 is 11.9 Å². The molecule has 142 valence electrons. The molecule has 0 atom stereocenters. The SMILES string of the molecule is Cn1nc(C2CC(F)(F)C2)c(C(C)(C)C)c1NC(=O)OC(CF)CF. The van der Waals surface area contributed by atoms with Crippen LogP contribution in [0, 0.1) is 0 Å². The second-order valence-corrected chi connectivity index (χ2v) is 7.40. The monoisotopic (exact) mass is 365 g/mol. The fraction of sp³-hybridized carbons (Fsp3) is 0.750. The molecule has 0 bridgehead atoms. The van der Waals surface area contributed by atoms with Crippen molar-refractivity contribution in [3.05, 3.63) is 11.3 Å². The van der Waals surface area contributed by atoms with Gasteiger partial charge in [-0.15, -0.1) is 0 Å². The smallest absolute Gasteiger partial charge is 0.413 e. The second kappa shape index (κ2) is 6.84. The number of anilines is 1. The molecule has 1 amide bonds. The van der Waals surface area contributed by atoms with E-state index in [9.17, 15) is 22.4 Å². The Hall–Kier alpha value is -1.80. The number of aryl methyl sites for hydroxylation is 1. The van der Waals surface area contributed by atoms with Gasteiger partial charge in [0.1, 0.15) is 19.2 Å². The second-order valence-electron chi connectivity index (χ2n) is 7.40. The van der Waals surface area contributed by atoms with Crippen molar-refractivity contribution in [3.8, 4) is 0 Å². The fourth-order valence-corrected chi connectivity index (χ4v) is 2.95. The average Bonchev–Trinajstić information content (AvgIpc) is 2.78. The molecule has 1 aliphatic carbocycles. The van der Waals surface area contributed by atoms with Crippen LogP contribution in [0.2, 0.25) is 0 Å². The number of nitrogens with one attached hydrogen (secondary N) is 1. The molecule has 0 aromatic carbocycles. The summed E-state index contributed by atoms with van der Waals surface area (Å²) in [5.41, 5.74) is 0.629. The van der Waals surface area contributed by atoms with E-state index in [2.05, 4.69) is 15.2 Å². The molecule has 1 aromatic heterocycles. The van der Waals surface area contributed by atoms with E-state index in [0.717, 1.165) is 0 Å². The highest BCUT2D eigenvalue weighted by atomic mass is 19.3. The van der Waals surface area contributed by atoms with Crippen molar-refractivity contribution in [2.45, 2.75) is 57.0 Å². The van der Waals surface area contributed by atoms with Gasteiger partial charge < -0.3 is 4.74 Å². The molecular weight excluding hydrogens is 342 g/mol. The molecule has 1 heterocycles. The highest BCUT2D eigenvalue weighted by Gasteiger charge is 2.49. The Morgan fingerprint density at radius 1 is 1.36 bits per heavy atom. The number of alkyl halides is 4. The Labute approximate surface area is 143 Å². The molecule has 25 heavy (non-hydrogen) atoms. The van der Waals surface area contributed by atoms with Crippen LogP contribution in [-0.4, -0.2) is 41.2 Å². The van der Waals surface area contributed by atoms with Crippen LogP contribution in [-0.2, 0) is 17.2 Å². The molecule has 5 nitrogen and oxygen atoms in total.